The number of rotatable bonds is 4. The first-order valence-electron chi connectivity index (χ1n) is 7.70. The maximum atomic E-state index is 13.1. The standard InChI is InChI=1S/C18H15FN4O2/c19-13-4-2-12(3-5-13)14-8-17(23-18(20)22-14)21-9-11-1-6-15-16(7-11)25-10-24-15/h1-8H,9-10H2,(H3,20,21,22,23). The number of fused-ring (bicyclic) bond motifs is 1. The predicted octanol–water partition coefficient (Wildman–Crippen LogP) is 3.21. The number of benzene rings is 2. The Morgan fingerprint density at radius 1 is 1.00 bits per heavy atom. The van der Waals surface area contributed by atoms with Gasteiger partial charge in [-0.05, 0) is 42.0 Å². The third-order valence-corrected chi connectivity index (χ3v) is 3.79. The number of nitrogen functional groups attached to an aromatic ring is 1. The number of nitrogens with one attached hydrogen (secondary N) is 1. The van der Waals surface area contributed by atoms with Gasteiger partial charge in [0.25, 0.3) is 0 Å². The lowest BCUT2D eigenvalue weighted by molar-refractivity contribution is 0.174. The second-order valence-electron chi connectivity index (χ2n) is 5.54. The summed E-state index contributed by atoms with van der Waals surface area (Å²) in [5.74, 6) is 1.91. The molecule has 7 heteroatoms. The summed E-state index contributed by atoms with van der Waals surface area (Å²) in [5.41, 5.74) is 8.21. The largest absolute Gasteiger partial charge is 0.454 e. The summed E-state index contributed by atoms with van der Waals surface area (Å²) in [6.45, 7) is 0.783. The van der Waals surface area contributed by atoms with Gasteiger partial charge in [-0.2, -0.15) is 4.98 Å². The van der Waals surface area contributed by atoms with Crippen LogP contribution in [0.2, 0.25) is 0 Å². The van der Waals surface area contributed by atoms with Gasteiger partial charge >= 0.3 is 0 Å². The molecule has 0 bridgehead atoms. The quantitative estimate of drug-likeness (QED) is 0.760. The van der Waals surface area contributed by atoms with Crippen LogP contribution in [0.1, 0.15) is 5.56 Å². The topological polar surface area (TPSA) is 82.3 Å². The Hall–Kier alpha value is -3.35. The first-order valence-corrected chi connectivity index (χ1v) is 7.70. The zero-order valence-electron chi connectivity index (χ0n) is 13.2. The van der Waals surface area contributed by atoms with Crippen molar-refractivity contribution in [2.45, 2.75) is 6.54 Å². The van der Waals surface area contributed by atoms with Gasteiger partial charge in [0.15, 0.2) is 11.5 Å². The van der Waals surface area contributed by atoms with Crippen molar-refractivity contribution >= 4 is 11.8 Å². The molecule has 126 valence electrons. The lowest BCUT2D eigenvalue weighted by Crippen LogP contribution is -2.05. The highest BCUT2D eigenvalue weighted by atomic mass is 19.1. The van der Waals surface area contributed by atoms with Crippen molar-refractivity contribution in [2.24, 2.45) is 0 Å². The fourth-order valence-electron chi connectivity index (χ4n) is 2.57. The summed E-state index contributed by atoms with van der Waals surface area (Å²) in [6, 6.07) is 13.6. The summed E-state index contributed by atoms with van der Waals surface area (Å²) in [4.78, 5) is 8.39. The summed E-state index contributed by atoms with van der Waals surface area (Å²) >= 11 is 0. The number of anilines is 2. The van der Waals surface area contributed by atoms with Crippen LogP contribution in [-0.4, -0.2) is 16.8 Å². The monoisotopic (exact) mass is 338 g/mol. The molecule has 1 aliphatic heterocycles. The molecule has 0 atom stereocenters. The first-order chi connectivity index (χ1) is 12.2. The van der Waals surface area contributed by atoms with Crippen molar-refractivity contribution in [1.29, 1.82) is 0 Å². The minimum absolute atomic E-state index is 0.148. The number of aromatic nitrogens is 2. The summed E-state index contributed by atoms with van der Waals surface area (Å²) in [6.07, 6.45) is 0. The van der Waals surface area contributed by atoms with E-state index >= 15 is 0 Å². The van der Waals surface area contributed by atoms with Crippen LogP contribution in [0.5, 0.6) is 11.5 Å². The van der Waals surface area contributed by atoms with Gasteiger partial charge in [0, 0.05) is 18.2 Å². The van der Waals surface area contributed by atoms with E-state index in [0.29, 0.717) is 18.1 Å². The number of halogens is 1. The fraction of sp³-hybridized carbons (Fsp3) is 0.111. The molecule has 0 unspecified atom stereocenters. The molecule has 6 nitrogen and oxygen atoms in total. The van der Waals surface area contributed by atoms with E-state index in [1.807, 2.05) is 18.2 Å². The van der Waals surface area contributed by atoms with Crippen LogP contribution in [-0.2, 0) is 6.54 Å². The number of nitrogens with two attached hydrogens (primary N) is 1. The molecule has 0 spiro atoms. The lowest BCUT2D eigenvalue weighted by Gasteiger charge is -2.09. The fourth-order valence-corrected chi connectivity index (χ4v) is 2.57. The van der Waals surface area contributed by atoms with Gasteiger partial charge in [-0.25, -0.2) is 9.37 Å². The van der Waals surface area contributed by atoms with Crippen molar-refractivity contribution in [3.8, 4) is 22.8 Å². The van der Waals surface area contributed by atoms with Crippen molar-refractivity contribution in [3.05, 3.63) is 59.9 Å². The molecular formula is C18H15FN4O2. The Kier molecular flexibility index (Phi) is 3.81. The highest BCUT2D eigenvalue weighted by molar-refractivity contribution is 5.64. The van der Waals surface area contributed by atoms with Gasteiger partial charge in [0.05, 0.1) is 5.69 Å². The lowest BCUT2D eigenvalue weighted by atomic mass is 10.1. The molecule has 1 aliphatic rings. The Morgan fingerprint density at radius 2 is 1.80 bits per heavy atom. The molecule has 1 aromatic heterocycles. The zero-order valence-corrected chi connectivity index (χ0v) is 13.2. The van der Waals surface area contributed by atoms with E-state index in [1.165, 1.54) is 12.1 Å². The number of hydrogen-bond acceptors (Lipinski definition) is 6. The predicted molar refractivity (Wildman–Crippen MR) is 91.7 cm³/mol. The van der Waals surface area contributed by atoms with Crippen LogP contribution in [0.4, 0.5) is 16.2 Å². The molecule has 0 radical (unpaired) electrons. The van der Waals surface area contributed by atoms with Gasteiger partial charge < -0.3 is 20.5 Å². The highest BCUT2D eigenvalue weighted by Gasteiger charge is 2.13. The normalized spacial score (nSPS) is 12.2. The van der Waals surface area contributed by atoms with Crippen LogP contribution in [0.3, 0.4) is 0 Å². The van der Waals surface area contributed by atoms with E-state index in [4.69, 9.17) is 15.2 Å². The van der Waals surface area contributed by atoms with Crippen molar-refractivity contribution < 1.29 is 13.9 Å². The Morgan fingerprint density at radius 3 is 2.64 bits per heavy atom. The molecule has 0 aliphatic carbocycles. The smallest absolute Gasteiger partial charge is 0.231 e. The van der Waals surface area contributed by atoms with E-state index in [2.05, 4.69) is 15.3 Å². The third-order valence-electron chi connectivity index (χ3n) is 3.79. The van der Waals surface area contributed by atoms with E-state index in [9.17, 15) is 4.39 Å². The van der Waals surface area contributed by atoms with E-state index in [1.54, 1.807) is 18.2 Å². The molecule has 0 saturated heterocycles. The maximum Gasteiger partial charge on any atom is 0.231 e. The van der Waals surface area contributed by atoms with Gasteiger partial charge in [-0.15, -0.1) is 0 Å². The minimum Gasteiger partial charge on any atom is -0.454 e. The Balaban J connectivity index is 1.53. The summed E-state index contributed by atoms with van der Waals surface area (Å²) < 4.78 is 23.7. The molecule has 2 aromatic carbocycles. The highest BCUT2D eigenvalue weighted by Crippen LogP contribution is 2.32. The van der Waals surface area contributed by atoms with Crippen LogP contribution in [0.25, 0.3) is 11.3 Å². The Bertz CT molecular complexity index is 915. The van der Waals surface area contributed by atoms with Crippen LogP contribution in [0.15, 0.2) is 48.5 Å². The van der Waals surface area contributed by atoms with Crippen LogP contribution < -0.4 is 20.5 Å². The SMILES string of the molecule is Nc1nc(NCc2ccc3c(c2)OCO3)cc(-c2ccc(F)cc2)n1. The average molecular weight is 338 g/mol. The molecule has 0 fully saturated rings. The maximum absolute atomic E-state index is 13.1. The summed E-state index contributed by atoms with van der Waals surface area (Å²) in [5, 5.41) is 3.21. The summed E-state index contributed by atoms with van der Waals surface area (Å²) in [7, 11) is 0. The second kappa shape index (κ2) is 6.27. The number of nitrogens with zero attached hydrogens (tertiary/aromatic N) is 2. The molecule has 0 saturated carbocycles. The van der Waals surface area contributed by atoms with E-state index in [0.717, 1.165) is 22.6 Å². The van der Waals surface area contributed by atoms with Gasteiger partial charge in [0.2, 0.25) is 12.7 Å². The van der Waals surface area contributed by atoms with E-state index in [-0.39, 0.29) is 18.6 Å². The van der Waals surface area contributed by atoms with Gasteiger partial charge in [0.1, 0.15) is 11.6 Å². The van der Waals surface area contributed by atoms with Crippen molar-refractivity contribution in [3.63, 3.8) is 0 Å². The van der Waals surface area contributed by atoms with E-state index < -0.39 is 0 Å². The molecule has 3 aromatic rings. The van der Waals surface area contributed by atoms with Crippen molar-refractivity contribution in [2.75, 3.05) is 17.8 Å². The molecule has 4 rings (SSSR count). The average Bonchev–Trinajstić information content (AvgIpc) is 3.08. The number of hydrogen-bond donors (Lipinski definition) is 2. The van der Waals surface area contributed by atoms with Crippen LogP contribution in [0, 0.1) is 5.82 Å². The molecule has 2 heterocycles. The molecule has 3 N–H and O–H groups in total. The van der Waals surface area contributed by atoms with Gasteiger partial charge in [-0.3, -0.25) is 0 Å². The van der Waals surface area contributed by atoms with Gasteiger partial charge in [-0.1, -0.05) is 6.07 Å². The minimum atomic E-state index is -0.299. The first kappa shape index (κ1) is 15.2. The molecule has 25 heavy (non-hydrogen) atoms. The van der Waals surface area contributed by atoms with Crippen molar-refractivity contribution in [1.82, 2.24) is 9.97 Å². The number of ether oxygens (including phenoxy) is 2. The zero-order chi connectivity index (χ0) is 17.2. The second-order valence-corrected chi connectivity index (χ2v) is 5.54. The van der Waals surface area contributed by atoms with Crippen LogP contribution >= 0.6 is 0 Å². The molecular weight excluding hydrogens is 323 g/mol. The Labute approximate surface area is 143 Å². The third kappa shape index (κ3) is 3.30. The molecule has 0 amide bonds.